The molecule has 0 radical (unpaired) electrons. The molecule has 1 aliphatic carbocycles. The summed E-state index contributed by atoms with van der Waals surface area (Å²) in [5.41, 5.74) is 5.29. The number of carbonyl (C=O) groups is 1. The second-order valence-electron chi connectivity index (χ2n) is 6.54. The third-order valence-corrected chi connectivity index (χ3v) is 4.85. The first kappa shape index (κ1) is 17.0. The predicted molar refractivity (Wildman–Crippen MR) is 87.2 cm³/mol. The minimum atomic E-state index is -0.775. The van der Waals surface area contributed by atoms with Crippen molar-refractivity contribution < 1.29 is 19.0 Å². The topological polar surface area (TPSA) is 87.8 Å². The molecule has 6 nitrogen and oxygen atoms in total. The van der Waals surface area contributed by atoms with E-state index in [1.54, 1.807) is 12.1 Å². The van der Waals surface area contributed by atoms with Crippen LogP contribution in [-0.4, -0.2) is 53.4 Å². The van der Waals surface area contributed by atoms with Gasteiger partial charge in [-0.15, -0.1) is 0 Å². The summed E-state index contributed by atoms with van der Waals surface area (Å²) in [5, 5.41) is 13.5. The maximum Gasteiger partial charge on any atom is 0.312 e. The largest absolute Gasteiger partial charge is 0.487 e. The third kappa shape index (κ3) is 3.79. The Hall–Kier alpha value is -1.86. The van der Waals surface area contributed by atoms with E-state index in [2.05, 4.69) is 10.2 Å². The van der Waals surface area contributed by atoms with Gasteiger partial charge >= 0.3 is 6.03 Å². The molecule has 24 heavy (non-hydrogen) atoms. The monoisotopic (exact) mass is 337 g/mol. The summed E-state index contributed by atoms with van der Waals surface area (Å²) in [6, 6.07) is 4.71. The van der Waals surface area contributed by atoms with Gasteiger partial charge in [0.05, 0.1) is 12.1 Å². The number of aliphatic hydroxyl groups is 1. The Labute approximate surface area is 140 Å². The molecule has 1 saturated heterocycles. The van der Waals surface area contributed by atoms with Crippen molar-refractivity contribution in [3.63, 3.8) is 0 Å². The van der Waals surface area contributed by atoms with E-state index in [9.17, 15) is 14.3 Å². The molecule has 0 unspecified atom stereocenters. The van der Waals surface area contributed by atoms with Gasteiger partial charge in [0.1, 0.15) is 23.8 Å². The number of carbonyl (C=O) groups excluding carboxylic acids is 1. The van der Waals surface area contributed by atoms with Gasteiger partial charge in [-0.05, 0) is 38.1 Å². The van der Waals surface area contributed by atoms with Gasteiger partial charge in [-0.1, -0.05) is 12.5 Å². The molecule has 4 N–H and O–H groups in total. The lowest BCUT2D eigenvalue weighted by atomic mass is 10.0. The predicted octanol–water partition coefficient (Wildman–Crippen LogP) is 1.23. The summed E-state index contributed by atoms with van der Waals surface area (Å²) in [5.74, 6) is -0.0180. The number of aliphatic hydroxyl groups excluding tert-OH is 1. The summed E-state index contributed by atoms with van der Waals surface area (Å²) < 4.78 is 19.1. The lowest BCUT2D eigenvalue weighted by molar-refractivity contribution is 0.00178. The van der Waals surface area contributed by atoms with Gasteiger partial charge in [0.25, 0.3) is 0 Å². The van der Waals surface area contributed by atoms with E-state index >= 15 is 0 Å². The van der Waals surface area contributed by atoms with E-state index in [0.717, 1.165) is 25.9 Å². The Morgan fingerprint density at radius 1 is 1.33 bits per heavy atom. The van der Waals surface area contributed by atoms with Gasteiger partial charge in [-0.25, -0.2) is 9.18 Å². The van der Waals surface area contributed by atoms with Gasteiger partial charge < -0.3 is 20.9 Å². The highest BCUT2D eigenvalue weighted by Crippen LogP contribution is 2.31. The normalized spacial score (nSPS) is 30.9. The van der Waals surface area contributed by atoms with Crippen molar-refractivity contribution in [1.29, 1.82) is 0 Å². The number of ether oxygens (including phenoxy) is 1. The zero-order chi connectivity index (χ0) is 17.1. The average Bonchev–Trinajstić information content (AvgIpc) is 2.83. The fourth-order valence-corrected chi connectivity index (χ4v) is 3.83. The van der Waals surface area contributed by atoms with Crippen molar-refractivity contribution in [3.8, 4) is 5.75 Å². The zero-order valence-electron chi connectivity index (χ0n) is 13.5. The van der Waals surface area contributed by atoms with Gasteiger partial charge in [-0.2, -0.15) is 0 Å². The van der Waals surface area contributed by atoms with Crippen LogP contribution >= 0.6 is 0 Å². The number of hydrogen-bond donors (Lipinski definition) is 3. The van der Waals surface area contributed by atoms with Crippen LogP contribution in [0.2, 0.25) is 0 Å². The van der Waals surface area contributed by atoms with Crippen LogP contribution in [0.1, 0.15) is 25.7 Å². The Kier molecular flexibility index (Phi) is 5.20. The smallest absolute Gasteiger partial charge is 0.312 e. The Balaban J connectivity index is 1.75. The van der Waals surface area contributed by atoms with Crippen molar-refractivity contribution in [1.82, 2.24) is 10.2 Å². The first-order valence-corrected chi connectivity index (χ1v) is 8.45. The maximum absolute atomic E-state index is 13.3. The number of piperidine rings is 1. The summed E-state index contributed by atoms with van der Waals surface area (Å²) in [6.45, 7) is 1.76. The van der Waals surface area contributed by atoms with E-state index in [1.807, 2.05) is 0 Å². The second kappa shape index (κ2) is 7.36. The number of hydrogen-bond acceptors (Lipinski definition) is 4. The highest BCUT2D eigenvalue weighted by atomic mass is 19.1. The van der Waals surface area contributed by atoms with Crippen LogP contribution in [0.15, 0.2) is 24.3 Å². The quantitative estimate of drug-likeness (QED) is 0.771. The molecule has 0 aromatic heterocycles. The number of nitrogens with two attached hydrogens (primary N) is 1. The van der Waals surface area contributed by atoms with E-state index in [1.165, 1.54) is 18.6 Å². The van der Waals surface area contributed by atoms with E-state index < -0.39 is 18.2 Å². The van der Waals surface area contributed by atoms with Crippen LogP contribution in [0.25, 0.3) is 0 Å². The Morgan fingerprint density at radius 3 is 2.75 bits per heavy atom. The molecule has 4 atom stereocenters. The van der Waals surface area contributed by atoms with Crippen molar-refractivity contribution in [2.45, 2.75) is 50.0 Å². The number of primary amides is 1. The lowest BCUT2D eigenvalue weighted by Gasteiger charge is -2.37. The molecular formula is C17H24FN3O3. The molecule has 0 bridgehead atoms. The van der Waals surface area contributed by atoms with Crippen LogP contribution in [0.3, 0.4) is 0 Å². The maximum atomic E-state index is 13.3. The lowest BCUT2D eigenvalue weighted by Crippen LogP contribution is -2.55. The van der Waals surface area contributed by atoms with Crippen LogP contribution in [0.4, 0.5) is 9.18 Å². The van der Waals surface area contributed by atoms with Crippen LogP contribution in [-0.2, 0) is 0 Å². The van der Waals surface area contributed by atoms with Gasteiger partial charge in [0, 0.05) is 12.5 Å². The highest BCUT2D eigenvalue weighted by Gasteiger charge is 2.47. The molecule has 2 fully saturated rings. The van der Waals surface area contributed by atoms with E-state index in [-0.39, 0.29) is 17.9 Å². The molecule has 2 amide bonds. The molecular weight excluding hydrogens is 313 g/mol. The minimum Gasteiger partial charge on any atom is -0.487 e. The highest BCUT2D eigenvalue weighted by molar-refractivity contribution is 5.72. The van der Waals surface area contributed by atoms with Crippen molar-refractivity contribution in [2.75, 3.05) is 13.1 Å². The summed E-state index contributed by atoms with van der Waals surface area (Å²) in [4.78, 5) is 13.5. The summed E-state index contributed by atoms with van der Waals surface area (Å²) in [6.07, 6.45) is 2.46. The molecule has 1 heterocycles. The van der Waals surface area contributed by atoms with Gasteiger partial charge in [-0.3, -0.25) is 4.90 Å². The summed E-state index contributed by atoms with van der Waals surface area (Å²) >= 11 is 0. The SMILES string of the molecule is NC(=O)N[C@@H]1C[C@@H](Oc2cccc(F)c2)[C@H](O)[C@H]1N1CCCCC1. The number of likely N-dealkylation sites (tertiary alicyclic amines) is 1. The first-order valence-electron chi connectivity index (χ1n) is 8.45. The molecule has 1 aliphatic heterocycles. The average molecular weight is 337 g/mol. The zero-order valence-corrected chi connectivity index (χ0v) is 13.5. The molecule has 0 spiro atoms. The number of benzene rings is 1. The van der Waals surface area contributed by atoms with Crippen molar-refractivity contribution in [2.24, 2.45) is 5.73 Å². The molecule has 3 rings (SSSR count). The number of nitrogens with one attached hydrogen (secondary N) is 1. The number of nitrogens with zero attached hydrogens (tertiary/aromatic N) is 1. The molecule has 1 aromatic rings. The molecule has 7 heteroatoms. The second-order valence-corrected chi connectivity index (χ2v) is 6.54. The first-order chi connectivity index (χ1) is 11.5. The van der Waals surface area contributed by atoms with Gasteiger partial charge in [0.2, 0.25) is 0 Å². The standard InChI is InChI=1S/C17H24FN3O3/c18-11-5-4-6-12(9-11)24-14-10-13(20-17(19)23)15(16(14)22)21-7-2-1-3-8-21/h4-6,9,13-16,22H,1-3,7-8,10H2,(H3,19,20,23)/t13-,14-,15+,16+/m1/s1. The summed E-state index contributed by atoms with van der Waals surface area (Å²) in [7, 11) is 0. The minimum absolute atomic E-state index is 0.239. The molecule has 2 aliphatic rings. The Morgan fingerprint density at radius 2 is 2.08 bits per heavy atom. The van der Waals surface area contributed by atoms with E-state index in [4.69, 9.17) is 10.5 Å². The van der Waals surface area contributed by atoms with Gasteiger partial charge in [0.15, 0.2) is 0 Å². The molecule has 1 saturated carbocycles. The third-order valence-electron chi connectivity index (χ3n) is 4.85. The van der Waals surface area contributed by atoms with Crippen molar-refractivity contribution >= 4 is 6.03 Å². The van der Waals surface area contributed by atoms with Crippen LogP contribution in [0, 0.1) is 5.82 Å². The number of urea groups is 1. The fraction of sp³-hybridized carbons (Fsp3) is 0.588. The number of halogens is 1. The van der Waals surface area contributed by atoms with Crippen LogP contribution < -0.4 is 15.8 Å². The van der Waals surface area contributed by atoms with Crippen molar-refractivity contribution in [3.05, 3.63) is 30.1 Å². The van der Waals surface area contributed by atoms with E-state index in [0.29, 0.717) is 12.2 Å². The number of amides is 2. The molecule has 1 aromatic carbocycles. The Bertz CT molecular complexity index is 580. The number of rotatable bonds is 4. The fourth-order valence-electron chi connectivity index (χ4n) is 3.83. The van der Waals surface area contributed by atoms with Crippen LogP contribution in [0.5, 0.6) is 5.75 Å². The molecule has 132 valence electrons.